The molecule has 4 rings (SSSR count). The molecule has 0 fully saturated rings. The Morgan fingerprint density at radius 3 is 2.63 bits per heavy atom. The number of methoxy groups -OCH3 is 1. The van der Waals surface area contributed by atoms with E-state index in [1.54, 1.807) is 18.2 Å². The van der Waals surface area contributed by atoms with Crippen LogP contribution < -0.4 is 15.6 Å². The molecule has 0 spiro atoms. The van der Waals surface area contributed by atoms with Crippen LogP contribution in [-0.2, 0) is 0 Å². The van der Waals surface area contributed by atoms with Crippen molar-refractivity contribution in [2.75, 3.05) is 7.11 Å². The maximum absolute atomic E-state index is 12.6. The molecule has 0 aliphatic heterocycles. The molecule has 2 N–H and O–H groups in total. The average Bonchev–Trinajstić information content (AvgIpc) is 3.31. The first kappa shape index (κ1) is 19.3. The summed E-state index contributed by atoms with van der Waals surface area (Å²) in [7, 11) is 1.40. The number of para-hydroxylation sites is 1. The topological polar surface area (TPSA) is 124 Å². The molecule has 0 saturated heterocycles. The fourth-order valence-corrected chi connectivity index (χ4v) is 3.02. The van der Waals surface area contributed by atoms with Gasteiger partial charge in [-0.25, -0.2) is 4.98 Å². The van der Waals surface area contributed by atoms with Gasteiger partial charge >= 0.3 is 0 Å². The Kier molecular flexibility index (Phi) is 5.22. The smallest absolute Gasteiger partial charge is 0.288 e. The van der Waals surface area contributed by atoms with Crippen molar-refractivity contribution in [3.63, 3.8) is 0 Å². The zero-order valence-corrected chi connectivity index (χ0v) is 16.3. The number of carbonyl (C=O) groups is 2. The monoisotopic (exact) mass is 423 g/mol. The van der Waals surface area contributed by atoms with E-state index >= 15 is 0 Å². The van der Waals surface area contributed by atoms with Gasteiger partial charge in [0.1, 0.15) is 17.8 Å². The molecule has 2 aromatic heterocycles. The van der Waals surface area contributed by atoms with Crippen molar-refractivity contribution in [3.8, 4) is 11.4 Å². The summed E-state index contributed by atoms with van der Waals surface area (Å²) in [6, 6.07) is 13.7. The summed E-state index contributed by atoms with van der Waals surface area (Å²) in [5.41, 5.74) is 6.05. The van der Waals surface area contributed by atoms with Crippen molar-refractivity contribution in [2.45, 2.75) is 0 Å². The fraction of sp³-hybridized carbons (Fsp3) is 0.0526. The van der Waals surface area contributed by atoms with E-state index in [4.69, 9.17) is 16.3 Å². The molecule has 30 heavy (non-hydrogen) atoms. The predicted molar refractivity (Wildman–Crippen MR) is 107 cm³/mol. The van der Waals surface area contributed by atoms with Gasteiger partial charge in [0.25, 0.3) is 11.8 Å². The van der Waals surface area contributed by atoms with Crippen molar-refractivity contribution in [3.05, 3.63) is 71.1 Å². The molecule has 2 aromatic carbocycles. The fourth-order valence-electron chi connectivity index (χ4n) is 2.77. The Morgan fingerprint density at radius 2 is 1.87 bits per heavy atom. The molecule has 0 bridgehead atoms. The number of rotatable bonds is 4. The maximum atomic E-state index is 12.6. The van der Waals surface area contributed by atoms with E-state index in [0.717, 1.165) is 5.39 Å². The lowest BCUT2D eigenvalue weighted by atomic mass is 10.1. The number of aromatic nitrogens is 5. The van der Waals surface area contributed by atoms with Crippen LogP contribution >= 0.6 is 11.6 Å². The van der Waals surface area contributed by atoms with Gasteiger partial charge in [0.2, 0.25) is 0 Å². The largest absolute Gasteiger partial charge is 0.496 e. The third-order valence-corrected chi connectivity index (χ3v) is 4.53. The Morgan fingerprint density at radius 1 is 1.07 bits per heavy atom. The summed E-state index contributed by atoms with van der Waals surface area (Å²) < 4.78 is 6.61. The molecule has 0 aliphatic rings. The van der Waals surface area contributed by atoms with Crippen LogP contribution in [0.2, 0.25) is 5.02 Å². The van der Waals surface area contributed by atoms with Crippen LogP contribution in [0.15, 0.2) is 54.9 Å². The number of nitrogens with zero attached hydrogens (tertiary/aromatic N) is 5. The van der Waals surface area contributed by atoms with Gasteiger partial charge in [-0.1, -0.05) is 35.9 Å². The second kappa shape index (κ2) is 8.13. The number of halogens is 1. The van der Waals surface area contributed by atoms with Crippen molar-refractivity contribution in [1.82, 2.24) is 36.0 Å². The van der Waals surface area contributed by atoms with E-state index in [0.29, 0.717) is 11.2 Å². The number of nitrogens with one attached hydrogen (secondary N) is 2. The minimum absolute atomic E-state index is 0.117. The summed E-state index contributed by atoms with van der Waals surface area (Å²) >= 11 is 6.26. The maximum Gasteiger partial charge on any atom is 0.288 e. The zero-order valence-electron chi connectivity index (χ0n) is 15.5. The molecule has 11 heteroatoms. The highest BCUT2D eigenvalue weighted by Crippen LogP contribution is 2.29. The summed E-state index contributed by atoms with van der Waals surface area (Å²) in [5, 5.41) is 12.0. The molecule has 2 amide bonds. The molecular formula is C19H14ClN7O3. The van der Waals surface area contributed by atoms with Gasteiger partial charge in [0.15, 0.2) is 0 Å². The Labute approximate surface area is 174 Å². The van der Waals surface area contributed by atoms with Crippen LogP contribution in [0.4, 0.5) is 0 Å². The van der Waals surface area contributed by atoms with Gasteiger partial charge < -0.3 is 4.74 Å². The van der Waals surface area contributed by atoms with Crippen molar-refractivity contribution < 1.29 is 14.3 Å². The standard InChI is InChI=1S/C19H14ClN7O3/c1-30-17-9-16(27-10-21-25-26-27)13(20)8-12(17)18(28)23-24-19(29)15-7-6-11-4-2-3-5-14(11)22-15/h2-10H,1H3,(H,23,28)(H,24,29). The van der Waals surface area contributed by atoms with Crippen LogP contribution in [0.5, 0.6) is 5.75 Å². The van der Waals surface area contributed by atoms with Crippen LogP contribution in [0.1, 0.15) is 20.8 Å². The lowest BCUT2D eigenvalue weighted by molar-refractivity contribution is 0.0842. The van der Waals surface area contributed by atoms with Crippen LogP contribution in [0.25, 0.3) is 16.6 Å². The number of pyridine rings is 1. The highest BCUT2D eigenvalue weighted by Gasteiger charge is 2.18. The van der Waals surface area contributed by atoms with Gasteiger partial charge in [-0.3, -0.25) is 20.4 Å². The van der Waals surface area contributed by atoms with E-state index in [1.807, 2.05) is 18.2 Å². The van der Waals surface area contributed by atoms with Gasteiger partial charge in [-0.05, 0) is 28.6 Å². The van der Waals surface area contributed by atoms with E-state index < -0.39 is 11.8 Å². The van der Waals surface area contributed by atoms with Crippen molar-refractivity contribution in [2.24, 2.45) is 0 Å². The summed E-state index contributed by atoms with van der Waals surface area (Å²) in [5.74, 6) is -0.962. The Hall–Kier alpha value is -4.05. The number of carbonyl (C=O) groups excluding carboxylic acids is 2. The van der Waals surface area contributed by atoms with Gasteiger partial charge in [0, 0.05) is 11.5 Å². The van der Waals surface area contributed by atoms with Gasteiger partial charge in [-0.15, -0.1) is 5.10 Å². The lowest BCUT2D eigenvalue weighted by Gasteiger charge is -2.13. The second-order valence-corrected chi connectivity index (χ2v) is 6.46. The minimum Gasteiger partial charge on any atom is -0.496 e. The second-order valence-electron chi connectivity index (χ2n) is 6.06. The molecule has 10 nitrogen and oxygen atoms in total. The summed E-state index contributed by atoms with van der Waals surface area (Å²) in [6.07, 6.45) is 1.36. The molecular weight excluding hydrogens is 410 g/mol. The molecule has 0 aliphatic carbocycles. The average molecular weight is 424 g/mol. The van der Waals surface area contributed by atoms with E-state index in [2.05, 4.69) is 31.4 Å². The van der Waals surface area contributed by atoms with E-state index in [1.165, 1.54) is 30.3 Å². The van der Waals surface area contributed by atoms with Crippen LogP contribution in [0, 0.1) is 0 Å². The van der Waals surface area contributed by atoms with E-state index in [9.17, 15) is 9.59 Å². The molecule has 4 aromatic rings. The highest BCUT2D eigenvalue weighted by molar-refractivity contribution is 6.33. The number of fused-ring (bicyclic) bond motifs is 1. The number of hydrogen-bond acceptors (Lipinski definition) is 7. The zero-order chi connectivity index (χ0) is 21.1. The first-order chi connectivity index (χ1) is 14.6. The first-order valence-corrected chi connectivity index (χ1v) is 9.02. The molecule has 0 unspecified atom stereocenters. The third kappa shape index (κ3) is 3.76. The SMILES string of the molecule is COc1cc(-n2cnnn2)c(Cl)cc1C(=O)NNC(=O)c1ccc2ccccc2n1. The van der Waals surface area contributed by atoms with E-state index in [-0.39, 0.29) is 22.0 Å². The van der Waals surface area contributed by atoms with Crippen molar-refractivity contribution >= 4 is 34.3 Å². The van der Waals surface area contributed by atoms with Gasteiger partial charge in [-0.2, -0.15) is 4.68 Å². The lowest BCUT2D eigenvalue weighted by Crippen LogP contribution is -2.42. The Bertz CT molecular complexity index is 1240. The van der Waals surface area contributed by atoms with Gasteiger partial charge in [0.05, 0.1) is 28.9 Å². The van der Waals surface area contributed by atoms with Crippen LogP contribution in [0.3, 0.4) is 0 Å². The quantitative estimate of drug-likeness (QED) is 0.481. The van der Waals surface area contributed by atoms with Crippen molar-refractivity contribution in [1.29, 1.82) is 0 Å². The Balaban J connectivity index is 1.51. The number of hydrazine groups is 1. The summed E-state index contributed by atoms with van der Waals surface area (Å²) in [6.45, 7) is 0. The molecule has 2 heterocycles. The molecule has 150 valence electrons. The molecule has 0 radical (unpaired) electrons. The first-order valence-electron chi connectivity index (χ1n) is 8.64. The number of amides is 2. The summed E-state index contributed by atoms with van der Waals surface area (Å²) in [4.78, 5) is 29.3. The molecule has 0 atom stereocenters. The number of hydrogen-bond donors (Lipinski definition) is 2. The normalized spacial score (nSPS) is 10.6. The number of ether oxygens (including phenoxy) is 1. The minimum atomic E-state index is -0.619. The number of tetrazole rings is 1. The molecule has 0 saturated carbocycles. The predicted octanol–water partition coefficient (Wildman–Crippen LogP) is 1.95. The number of benzene rings is 2. The van der Waals surface area contributed by atoms with Crippen LogP contribution in [-0.4, -0.2) is 44.1 Å². The third-order valence-electron chi connectivity index (χ3n) is 4.23. The highest BCUT2D eigenvalue weighted by atomic mass is 35.5.